The van der Waals surface area contributed by atoms with Crippen LogP contribution in [0, 0.1) is 6.92 Å². The van der Waals surface area contributed by atoms with Crippen LogP contribution in [0.5, 0.6) is 0 Å². The molecule has 0 bridgehead atoms. The Bertz CT molecular complexity index is 1070. The molecule has 0 unspecified atom stereocenters. The molecule has 2 aromatic carbocycles. The molecular weight excluding hydrogens is 420 g/mol. The van der Waals surface area contributed by atoms with Gasteiger partial charge in [0.25, 0.3) is 5.91 Å². The van der Waals surface area contributed by atoms with Crippen molar-refractivity contribution in [2.24, 2.45) is 0 Å². The summed E-state index contributed by atoms with van der Waals surface area (Å²) in [6.07, 6.45) is 0. The second-order valence-corrected chi connectivity index (χ2v) is 9.14. The van der Waals surface area contributed by atoms with E-state index in [0.717, 1.165) is 29.2 Å². The number of carbonyl (C=O) groups is 1. The monoisotopic (exact) mass is 442 g/mol. The average Bonchev–Trinajstić information content (AvgIpc) is 3.22. The molecule has 2 heterocycles. The Kier molecular flexibility index (Phi) is 6.25. The Morgan fingerprint density at radius 1 is 1.03 bits per heavy atom. The van der Waals surface area contributed by atoms with Crippen molar-refractivity contribution in [1.82, 2.24) is 4.90 Å². The third kappa shape index (κ3) is 4.60. The number of nitrogens with zero attached hydrogens (tertiary/aromatic N) is 2. The zero-order valence-corrected chi connectivity index (χ0v) is 18.3. The first kappa shape index (κ1) is 20.7. The fraction of sp³-hybridized carbons (Fsp3) is 0.261. The molecule has 0 radical (unpaired) electrons. The van der Waals surface area contributed by atoms with Gasteiger partial charge in [-0.15, -0.1) is 0 Å². The van der Waals surface area contributed by atoms with Crippen LogP contribution in [-0.2, 0) is 16.6 Å². The quantitative estimate of drug-likeness (QED) is 0.583. The number of benzene rings is 2. The van der Waals surface area contributed by atoms with Crippen LogP contribution in [0.3, 0.4) is 0 Å². The normalized spacial score (nSPS) is 15.3. The topological polar surface area (TPSA) is 53.8 Å². The molecule has 1 fully saturated rings. The van der Waals surface area contributed by atoms with Gasteiger partial charge >= 0.3 is 0 Å². The van der Waals surface area contributed by atoms with Crippen LogP contribution in [0.15, 0.2) is 70.0 Å². The van der Waals surface area contributed by atoms with Crippen LogP contribution in [0.1, 0.15) is 21.9 Å². The van der Waals surface area contributed by atoms with Crippen molar-refractivity contribution in [3.63, 3.8) is 0 Å². The number of rotatable bonds is 5. The molecule has 1 amide bonds. The van der Waals surface area contributed by atoms with Gasteiger partial charge in [0, 0.05) is 41.8 Å². The largest absolute Gasteiger partial charge is 0.455 e. The number of hydrogen-bond donors (Lipinski definition) is 0. The van der Waals surface area contributed by atoms with E-state index in [1.54, 1.807) is 17.0 Å². The van der Waals surface area contributed by atoms with E-state index in [4.69, 9.17) is 16.0 Å². The fourth-order valence-corrected chi connectivity index (χ4v) is 5.00. The molecule has 0 spiro atoms. The number of furan rings is 1. The number of amides is 1. The Morgan fingerprint density at radius 3 is 2.53 bits per heavy atom. The second-order valence-electron chi connectivity index (χ2n) is 7.28. The number of carbonyl (C=O) groups excluding carboxylic acids is 1. The number of halogens is 1. The van der Waals surface area contributed by atoms with Gasteiger partial charge in [0.2, 0.25) is 0 Å². The maximum Gasteiger partial charge on any atom is 0.289 e. The smallest absolute Gasteiger partial charge is 0.289 e. The van der Waals surface area contributed by atoms with E-state index in [0.29, 0.717) is 29.6 Å². The lowest BCUT2D eigenvalue weighted by molar-refractivity contribution is 0.0713. The van der Waals surface area contributed by atoms with Crippen LogP contribution >= 0.6 is 11.6 Å². The summed E-state index contributed by atoms with van der Waals surface area (Å²) in [5.41, 5.74) is 2.05. The number of piperazine rings is 1. The maximum atomic E-state index is 12.8. The Balaban J connectivity index is 1.36. The lowest BCUT2D eigenvalue weighted by atomic mass is 10.2. The van der Waals surface area contributed by atoms with Crippen molar-refractivity contribution in [1.29, 1.82) is 0 Å². The number of hydrogen-bond acceptors (Lipinski definition) is 4. The average molecular weight is 443 g/mol. The minimum absolute atomic E-state index is 0.131. The zero-order valence-electron chi connectivity index (χ0n) is 16.7. The van der Waals surface area contributed by atoms with Gasteiger partial charge in [0.05, 0.1) is 16.6 Å². The lowest BCUT2D eigenvalue weighted by Gasteiger charge is -2.35. The van der Waals surface area contributed by atoms with E-state index >= 15 is 0 Å². The van der Waals surface area contributed by atoms with E-state index < -0.39 is 10.8 Å². The van der Waals surface area contributed by atoms with Crippen molar-refractivity contribution >= 4 is 34.0 Å². The van der Waals surface area contributed by atoms with Crippen LogP contribution in [0.4, 0.5) is 5.69 Å². The SMILES string of the molecule is Cc1ccccc1[S@](=O)Cc1ccc(C(=O)N2CCN(c3cccc(Cl)c3)CC2)o1. The molecule has 0 aliphatic carbocycles. The molecule has 4 rings (SSSR count). The molecule has 1 aromatic heterocycles. The van der Waals surface area contributed by atoms with Crippen LogP contribution in [-0.4, -0.2) is 41.2 Å². The predicted octanol–water partition coefficient (Wildman–Crippen LogP) is 4.51. The highest BCUT2D eigenvalue weighted by Gasteiger charge is 2.25. The molecule has 30 heavy (non-hydrogen) atoms. The fourth-order valence-electron chi connectivity index (χ4n) is 3.59. The van der Waals surface area contributed by atoms with Crippen LogP contribution in [0.25, 0.3) is 0 Å². The Labute approximate surface area is 183 Å². The van der Waals surface area contributed by atoms with E-state index in [1.807, 2.05) is 55.5 Å². The van der Waals surface area contributed by atoms with Crippen LogP contribution < -0.4 is 4.90 Å². The van der Waals surface area contributed by atoms with Gasteiger partial charge in [-0.2, -0.15) is 0 Å². The molecular formula is C23H23ClN2O3S. The predicted molar refractivity (Wildman–Crippen MR) is 120 cm³/mol. The van der Waals surface area contributed by atoms with Gasteiger partial charge < -0.3 is 14.2 Å². The summed E-state index contributed by atoms with van der Waals surface area (Å²) in [5, 5.41) is 0.706. The van der Waals surface area contributed by atoms with E-state index in [9.17, 15) is 9.00 Å². The third-order valence-electron chi connectivity index (χ3n) is 5.22. The summed E-state index contributed by atoms with van der Waals surface area (Å²) < 4.78 is 18.4. The molecule has 1 aliphatic rings. The van der Waals surface area contributed by atoms with Gasteiger partial charge in [-0.05, 0) is 48.9 Å². The molecule has 5 nitrogen and oxygen atoms in total. The van der Waals surface area contributed by atoms with E-state index in [-0.39, 0.29) is 11.7 Å². The highest BCUT2D eigenvalue weighted by Crippen LogP contribution is 2.22. The summed E-state index contributed by atoms with van der Waals surface area (Å²) in [6.45, 7) is 4.62. The standard InChI is InChI=1S/C23H23ClN2O3S/c1-17-5-2-3-8-22(17)30(28)16-20-9-10-21(29-20)23(27)26-13-11-25(12-14-26)19-7-4-6-18(24)15-19/h2-10,15H,11-14,16H2,1H3/t30-/m1/s1. The summed E-state index contributed by atoms with van der Waals surface area (Å²) in [5.74, 6) is 0.967. The van der Waals surface area contributed by atoms with Gasteiger partial charge in [-0.25, -0.2) is 0 Å². The number of anilines is 1. The lowest BCUT2D eigenvalue weighted by Crippen LogP contribution is -2.48. The van der Waals surface area contributed by atoms with Crippen molar-refractivity contribution in [3.8, 4) is 0 Å². The summed E-state index contributed by atoms with van der Waals surface area (Å²) in [4.78, 5) is 17.6. The highest BCUT2D eigenvalue weighted by molar-refractivity contribution is 7.84. The second kappa shape index (κ2) is 9.06. The van der Waals surface area contributed by atoms with Crippen molar-refractivity contribution in [2.75, 3.05) is 31.1 Å². The minimum Gasteiger partial charge on any atom is -0.455 e. The molecule has 156 valence electrons. The maximum absolute atomic E-state index is 12.8. The van der Waals surface area contributed by atoms with Gasteiger partial charge in [0.1, 0.15) is 5.76 Å². The van der Waals surface area contributed by atoms with Crippen LogP contribution in [0.2, 0.25) is 5.02 Å². The molecule has 7 heteroatoms. The minimum atomic E-state index is -1.21. The summed E-state index contributed by atoms with van der Waals surface area (Å²) in [7, 11) is -1.21. The molecule has 3 aromatic rings. The molecule has 1 saturated heterocycles. The van der Waals surface area contributed by atoms with Gasteiger partial charge in [-0.3, -0.25) is 9.00 Å². The molecule has 0 saturated carbocycles. The first-order valence-electron chi connectivity index (χ1n) is 9.84. The Morgan fingerprint density at radius 2 is 1.80 bits per heavy atom. The molecule has 1 atom stereocenters. The Hall–Kier alpha value is -2.57. The highest BCUT2D eigenvalue weighted by atomic mass is 35.5. The van der Waals surface area contributed by atoms with Crippen molar-refractivity contribution in [2.45, 2.75) is 17.6 Å². The zero-order chi connectivity index (χ0) is 21.1. The first-order chi connectivity index (χ1) is 14.5. The van der Waals surface area contributed by atoms with Crippen molar-refractivity contribution < 1.29 is 13.4 Å². The van der Waals surface area contributed by atoms with Gasteiger partial charge in [0.15, 0.2) is 5.76 Å². The summed E-state index contributed by atoms with van der Waals surface area (Å²) >= 11 is 6.08. The number of aryl methyl sites for hydroxylation is 1. The van der Waals surface area contributed by atoms with Crippen molar-refractivity contribution in [3.05, 3.63) is 82.8 Å². The molecule has 1 aliphatic heterocycles. The molecule has 0 N–H and O–H groups in total. The first-order valence-corrected chi connectivity index (χ1v) is 11.5. The summed E-state index contributed by atoms with van der Waals surface area (Å²) in [6, 6.07) is 18.8. The van der Waals surface area contributed by atoms with E-state index in [2.05, 4.69) is 4.90 Å². The van der Waals surface area contributed by atoms with E-state index in [1.165, 1.54) is 0 Å². The van der Waals surface area contributed by atoms with Gasteiger partial charge in [-0.1, -0.05) is 35.9 Å². The third-order valence-corrected chi connectivity index (χ3v) is 6.96.